The van der Waals surface area contributed by atoms with E-state index in [0.717, 1.165) is 46.1 Å². The van der Waals surface area contributed by atoms with E-state index in [1.54, 1.807) is 12.4 Å². The molecule has 6 nitrogen and oxygen atoms in total. The normalized spacial score (nSPS) is 21.7. The summed E-state index contributed by atoms with van der Waals surface area (Å²) in [6, 6.07) is 18.3. The second-order valence-electron chi connectivity index (χ2n) is 7.29. The van der Waals surface area contributed by atoms with Crippen LogP contribution in [0.2, 0.25) is 0 Å². The minimum absolute atomic E-state index is 0.126. The van der Waals surface area contributed by atoms with E-state index in [1.165, 1.54) is 0 Å². The van der Waals surface area contributed by atoms with Crippen LogP contribution in [0.25, 0.3) is 0 Å². The SMILES string of the molecule is c1ccc2c(c1)OC(c1ccncc1)N1N=C(c3ccc4c(c3)OCCO4)CC21. The molecule has 6 heteroatoms. The lowest BCUT2D eigenvalue weighted by Gasteiger charge is -2.38. The number of benzene rings is 2. The lowest BCUT2D eigenvalue weighted by Crippen LogP contribution is -2.33. The van der Waals surface area contributed by atoms with Gasteiger partial charge in [-0.05, 0) is 36.4 Å². The summed E-state index contributed by atoms with van der Waals surface area (Å²) in [5.41, 5.74) is 4.27. The summed E-state index contributed by atoms with van der Waals surface area (Å²) < 4.78 is 17.8. The summed E-state index contributed by atoms with van der Waals surface area (Å²) in [5.74, 6) is 2.48. The van der Waals surface area contributed by atoms with Gasteiger partial charge in [-0.15, -0.1) is 0 Å². The summed E-state index contributed by atoms with van der Waals surface area (Å²) in [6.07, 6.45) is 4.10. The Labute approximate surface area is 168 Å². The number of nitrogens with zero attached hydrogens (tertiary/aromatic N) is 3. The van der Waals surface area contributed by atoms with Gasteiger partial charge in [0.25, 0.3) is 0 Å². The van der Waals surface area contributed by atoms with Gasteiger partial charge in [0, 0.05) is 35.5 Å². The van der Waals surface area contributed by atoms with Gasteiger partial charge in [-0.2, -0.15) is 5.10 Å². The lowest BCUT2D eigenvalue weighted by molar-refractivity contribution is -0.0190. The fourth-order valence-electron chi connectivity index (χ4n) is 4.18. The summed E-state index contributed by atoms with van der Waals surface area (Å²) in [4.78, 5) is 4.14. The maximum atomic E-state index is 6.35. The van der Waals surface area contributed by atoms with Crippen LogP contribution in [0.15, 0.2) is 72.1 Å². The number of aromatic nitrogens is 1. The molecule has 29 heavy (non-hydrogen) atoms. The molecule has 3 aliphatic rings. The molecule has 2 atom stereocenters. The van der Waals surface area contributed by atoms with E-state index in [4.69, 9.17) is 19.3 Å². The van der Waals surface area contributed by atoms with Crippen LogP contribution in [0.4, 0.5) is 0 Å². The standard InChI is InChI=1S/C23H19N3O3/c1-2-4-20-17(3-1)19-14-18(16-5-6-21-22(13-16)28-12-11-27-21)25-26(19)23(29-20)15-7-9-24-10-8-15/h1-10,13,19,23H,11-12,14H2. The molecule has 0 spiro atoms. The highest BCUT2D eigenvalue weighted by atomic mass is 16.6. The first-order chi connectivity index (χ1) is 14.4. The molecular weight excluding hydrogens is 366 g/mol. The van der Waals surface area contributed by atoms with Gasteiger partial charge < -0.3 is 14.2 Å². The Hall–Kier alpha value is -3.54. The van der Waals surface area contributed by atoms with Crippen molar-refractivity contribution in [1.29, 1.82) is 0 Å². The number of pyridine rings is 1. The number of fused-ring (bicyclic) bond motifs is 4. The molecule has 0 aliphatic carbocycles. The smallest absolute Gasteiger partial charge is 0.213 e. The zero-order valence-electron chi connectivity index (χ0n) is 15.7. The van der Waals surface area contributed by atoms with Gasteiger partial charge in [0.05, 0.1) is 11.8 Å². The van der Waals surface area contributed by atoms with Gasteiger partial charge in [-0.3, -0.25) is 4.98 Å². The third-order valence-corrected chi connectivity index (χ3v) is 5.57. The third-order valence-electron chi connectivity index (χ3n) is 5.57. The van der Waals surface area contributed by atoms with Crippen LogP contribution in [0.1, 0.15) is 35.4 Å². The Kier molecular flexibility index (Phi) is 3.69. The van der Waals surface area contributed by atoms with Crippen molar-refractivity contribution in [2.24, 2.45) is 5.10 Å². The van der Waals surface area contributed by atoms with Crippen LogP contribution < -0.4 is 14.2 Å². The van der Waals surface area contributed by atoms with Crippen molar-refractivity contribution in [3.63, 3.8) is 0 Å². The van der Waals surface area contributed by atoms with Crippen LogP contribution in [-0.4, -0.2) is 28.9 Å². The predicted molar refractivity (Wildman–Crippen MR) is 107 cm³/mol. The van der Waals surface area contributed by atoms with Crippen LogP contribution in [0.3, 0.4) is 0 Å². The number of hydrazone groups is 1. The van der Waals surface area contributed by atoms with Gasteiger partial charge in [0.15, 0.2) is 11.5 Å². The first kappa shape index (κ1) is 16.4. The van der Waals surface area contributed by atoms with Gasteiger partial charge in [-0.25, -0.2) is 5.01 Å². The average molecular weight is 385 g/mol. The quantitative estimate of drug-likeness (QED) is 0.665. The van der Waals surface area contributed by atoms with E-state index < -0.39 is 0 Å². The van der Waals surface area contributed by atoms with Crippen molar-refractivity contribution in [2.75, 3.05) is 13.2 Å². The minimum atomic E-state index is -0.285. The van der Waals surface area contributed by atoms with E-state index in [-0.39, 0.29) is 12.3 Å². The Morgan fingerprint density at radius 2 is 1.69 bits per heavy atom. The Morgan fingerprint density at radius 3 is 2.59 bits per heavy atom. The molecule has 0 radical (unpaired) electrons. The van der Waals surface area contributed by atoms with E-state index in [0.29, 0.717) is 13.2 Å². The molecular formula is C23H19N3O3. The molecule has 2 unspecified atom stereocenters. The highest BCUT2D eigenvalue weighted by Gasteiger charge is 2.40. The van der Waals surface area contributed by atoms with Crippen molar-refractivity contribution < 1.29 is 14.2 Å². The fourth-order valence-corrected chi connectivity index (χ4v) is 4.18. The van der Waals surface area contributed by atoms with Crippen LogP contribution >= 0.6 is 0 Å². The molecule has 0 saturated heterocycles. The fraction of sp³-hybridized carbons (Fsp3) is 0.217. The number of para-hydroxylation sites is 1. The number of rotatable bonds is 2. The minimum Gasteiger partial charge on any atom is -0.486 e. The van der Waals surface area contributed by atoms with Crippen molar-refractivity contribution in [1.82, 2.24) is 9.99 Å². The van der Waals surface area contributed by atoms with E-state index in [1.807, 2.05) is 36.4 Å². The molecule has 4 heterocycles. The number of hydrogen-bond acceptors (Lipinski definition) is 6. The van der Waals surface area contributed by atoms with Crippen molar-refractivity contribution in [3.05, 3.63) is 83.7 Å². The summed E-state index contributed by atoms with van der Waals surface area (Å²) in [7, 11) is 0. The maximum Gasteiger partial charge on any atom is 0.213 e. The molecule has 2 aromatic carbocycles. The molecule has 6 rings (SSSR count). The first-order valence-electron chi connectivity index (χ1n) is 9.78. The Morgan fingerprint density at radius 1 is 0.862 bits per heavy atom. The summed E-state index contributed by atoms with van der Waals surface area (Å²) >= 11 is 0. The third kappa shape index (κ3) is 2.71. The second kappa shape index (κ2) is 6.51. The molecule has 3 aromatic rings. The van der Waals surface area contributed by atoms with Crippen LogP contribution in [0, 0.1) is 0 Å². The molecule has 3 aliphatic heterocycles. The van der Waals surface area contributed by atoms with Gasteiger partial charge >= 0.3 is 0 Å². The number of hydrogen-bond donors (Lipinski definition) is 0. The molecule has 1 aromatic heterocycles. The molecule has 144 valence electrons. The van der Waals surface area contributed by atoms with Gasteiger partial charge in [-0.1, -0.05) is 18.2 Å². The molecule has 0 fully saturated rings. The molecule has 0 bridgehead atoms. The van der Waals surface area contributed by atoms with Gasteiger partial charge in [0.1, 0.15) is 19.0 Å². The van der Waals surface area contributed by atoms with E-state index in [2.05, 4.69) is 28.2 Å². The average Bonchev–Trinajstić information content (AvgIpc) is 3.25. The van der Waals surface area contributed by atoms with Crippen molar-refractivity contribution >= 4 is 5.71 Å². The van der Waals surface area contributed by atoms with Crippen LogP contribution in [-0.2, 0) is 0 Å². The van der Waals surface area contributed by atoms with Crippen molar-refractivity contribution in [2.45, 2.75) is 18.7 Å². The lowest BCUT2D eigenvalue weighted by atomic mass is 9.96. The largest absolute Gasteiger partial charge is 0.486 e. The molecule has 0 amide bonds. The zero-order chi connectivity index (χ0) is 19.2. The predicted octanol–water partition coefficient (Wildman–Crippen LogP) is 4.10. The molecule has 0 saturated carbocycles. The van der Waals surface area contributed by atoms with Crippen molar-refractivity contribution in [3.8, 4) is 17.2 Å². The van der Waals surface area contributed by atoms with Crippen LogP contribution in [0.5, 0.6) is 17.2 Å². The van der Waals surface area contributed by atoms with E-state index >= 15 is 0 Å². The summed E-state index contributed by atoms with van der Waals surface area (Å²) in [5, 5.41) is 7.07. The Balaban J connectivity index is 1.42. The monoisotopic (exact) mass is 385 g/mol. The first-order valence-corrected chi connectivity index (χ1v) is 9.78. The Bertz CT molecular complexity index is 1100. The van der Waals surface area contributed by atoms with E-state index in [9.17, 15) is 0 Å². The molecule has 0 N–H and O–H groups in total. The highest BCUT2D eigenvalue weighted by Crippen LogP contribution is 2.47. The summed E-state index contributed by atoms with van der Waals surface area (Å²) in [6.45, 7) is 1.16. The topological polar surface area (TPSA) is 56.2 Å². The number of ether oxygens (including phenoxy) is 3. The zero-order valence-corrected chi connectivity index (χ0v) is 15.7. The highest BCUT2D eigenvalue weighted by molar-refractivity contribution is 6.02. The van der Waals surface area contributed by atoms with Gasteiger partial charge in [0.2, 0.25) is 6.23 Å². The second-order valence-corrected chi connectivity index (χ2v) is 7.29. The maximum absolute atomic E-state index is 6.35.